The molecule has 2 aromatic carbocycles. The topological polar surface area (TPSA) is 67.4 Å². The summed E-state index contributed by atoms with van der Waals surface area (Å²) in [4.78, 5) is 24.2. The third-order valence-corrected chi connectivity index (χ3v) is 3.79. The highest BCUT2D eigenvalue weighted by Gasteiger charge is 2.13. The fraction of sp³-hybridized carbons (Fsp3) is 0.238. The molecule has 0 aliphatic rings. The van der Waals surface area contributed by atoms with Crippen molar-refractivity contribution in [2.45, 2.75) is 26.7 Å². The first-order valence-electron chi connectivity index (χ1n) is 8.67. The Morgan fingerprint density at radius 1 is 1.08 bits per heavy atom. The summed E-state index contributed by atoms with van der Waals surface area (Å²) in [6, 6.07) is 14.2. The zero-order valence-corrected chi connectivity index (χ0v) is 15.1. The van der Waals surface area contributed by atoms with Gasteiger partial charge in [-0.3, -0.25) is 0 Å². The van der Waals surface area contributed by atoms with Crippen molar-refractivity contribution in [2.75, 3.05) is 11.9 Å². The Kier molecular flexibility index (Phi) is 7.43. The second-order valence-electron chi connectivity index (χ2n) is 5.82. The molecule has 26 heavy (non-hydrogen) atoms. The fourth-order valence-electron chi connectivity index (χ4n) is 2.30. The van der Waals surface area contributed by atoms with Gasteiger partial charge in [-0.15, -0.1) is 0 Å². The monoisotopic (exact) mass is 352 g/mol. The maximum absolute atomic E-state index is 12.2. The summed E-state index contributed by atoms with van der Waals surface area (Å²) >= 11 is 0. The third kappa shape index (κ3) is 5.77. The Bertz CT molecular complexity index is 784. The molecule has 0 saturated heterocycles. The molecule has 0 aromatic heterocycles. The highest BCUT2D eigenvalue weighted by Crippen LogP contribution is 2.16. The van der Waals surface area contributed by atoms with Gasteiger partial charge in [0.25, 0.3) is 0 Å². The predicted octanol–water partition coefficient (Wildman–Crippen LogP) is 4.74. The molecule has 2 N–H and O–H groups in total. The molecule has 0 heterocycles. The Hall–Kier alpha value is -3.08. The maximum atomic E-state index is 12.2. The number of unbranched alkanes of at least 4 members (excludes halogenated alkanes) is 1. The van der Waals surface area contributed by atoms with Crippen LogP contribution in [0.1, 0.15) is 41.3 Å². The molecule has 0 bridgehead atoms. The van der Waals surface area contributed by atoms with Crippen LogP contribution in [0.5, 0.6) is 0 Å². The first-order valence-corrected chi connectivity index (χ1v) is 8.67. The molecule has 0 saturated carbocycles. The van der Waals surface area contributed by atoms with Crippen molar-refractivity contribution < 1.29 is 14.3 Å². The van der Waals surface area contributed by atoms with Crippen molar-refractivity contribution in [1.82, 2.24) is 5.32 Å². The first kappa shape index (κ1) is 19.2. The van der Waals surface area contributed by atoms with Gasteiger partial charge in [0.15, 0.2) is 0 Å². The molecule has 0 aliphatic heterocycles. The molecule has 0 fully saturated rings. The summed E-state index contributed by atoms with van der Waals surface area (Å²) in [7, 11) is 0. The van der Waals surface area contributed by atoms with Gasteiger partial charge in [-0.05, 0) is 42.7 Å². The largest absolute Gasteiger partial charge is 0.462 e. The van der Waals surface area contributed by atoms with Crippen LogP contribution in [0.15, 0.2) is 54.7 Å². The predicted molar refractivity (Wildman–Crippen MR) is 104 cm³/mol. The molecule has 2 rings (SSSR count). The molecule has 0 radical (unpaired) electrons. The SMILES string of the molecule is CCCCOC(=O)c1ccccc1NC(=O)N/C=C/c1ccccc1C. The minimum atomic E-state index is -0.440. The number of rotatable bonds is 7. The van der Waals surface area contributed by atoms with Crippen LogP contribution in [0.3, 0.4) is 0 Å². The molecule has 2 aromatic rings. The maximum Gasteiger partial charge on any atom is 0.340 e. The highest BCUT2D eigenvalue weighted by atomic mass is 16.5. The second kappa shape index (κ2) is 10.0. The van der Waals surface area contributed by atoms with Crippen LogP contribution in [0.4, 0.5) is 10.5 Å². The van der Waals surface area contributed by atoms with E-state index in [1.54, 1.807) is 30.5 Å². The number of urea groups is 1. The lowest BCUT2D eigenvalue weighted by Gasteiger charge is -2.10. The summed E-state index contributed by atoms with van der Waals surface area (Å²) in [6.07, 6.45) is 5.15. The van der Waals surface area contributed by atoms with Crippen LogP contribution in [-0.4, -0.2) is 18.6 Å². The number of benzene rings is 2. The summed E-state index contributed by atoms with van der Waals surface area (Å²) in [5, 5.41) is 5.32. The number of hydrogen-bond acceptors (Lipinski definition) is 3. The number of esters is 1. The molecule has 136 valence electrons. The minimum absolute atomic E-state index is 0.335. The molecule has 0 spiro atoms. The van der Waals surface area contributed by atoms with E-state index in [4.69, 9.17) is 4.74 Å². The van der Waals surface area contributed by atoms with Crippen molar-refractivity contribution in [3.05, 3.63) is 71.4 Å². The lowest BCUT2D eigenvalue weighted by atomic mass is 10.1. The lowest BCUT2D eigenvalue weighted by molar-refractivity contribution is 0.0501. The van der Waals surface area contributed by atoms with Crippen LogP contribution in [-0.2, 0) is 4.74 Å². The van der Waals surface area contributed by atoms with Gasteiger partial charge in [0.1, 0.15) is 0 Å². The number of ether oxygens (including phenoxy) is 1. The van der Waals surface area contributed by atoms with Crippen molar-refractivity contribution >= 4 is 23.8 Å². The van der Waals surface area contributed by atoms with Crippen LogP contribution in [0, 0.1) is 6.92 Å². The number of nitrogens with one attached hydrogen (secondary N) is 2. The van der Waals surface area contributed by atoms with Gasteiger partial charge < -0.3 is 15.4 Å². The normalized spacial score (nSPS) is 10.5. The smallest absolute Gasteiger partial charge is 0.340 e. The van der Waals surface area contributed by atoms with Crippen LogP contribution >= 0.6 is 0 Å². The molecule has 0 atom stereocenters. The molecular formula is C21H24N2O3. The van der Waals surface area contributed by atoms with E-state index in [9.17, 15) is 9.59 Å². The number of carbonyl (C=O) groups excluding carboxylic acids is 2. The van der Waals surface area contributed by atoms with Crippen LogP contribution in [0.25, 0.3) is 6.08 Å². The number of aryl methyl sites for hydroxylation is 1. The number of para-hydroxylation sites is 1. The van der Waals surface area contributed by atoms with Crippen molar-refractivity contribution in [1.29, 1.82) is 0 Å². The van der Waals surface area contributed by atoms with Gasteiger partial charge >= 0.3 is 12.0 Å². The molecule has 0 aliphatic carbocycles. The summed E-state index contributed by atoms with van der Waals surface area (Å²) < 4.78 is 5.22. The Morgan fingerprint density at radius 3 is 2.58 bits per heavy atom. The average molecular weight is 352 g/mol. The van der Waals surface area contributed by atoms with E-state index in [2.05, 4.69) is 10.6 Å². The third-order valence-electron chi connectivity index (χ3n) is 3.79. The zero-order chi connectivity index (χ0) is 18.8. The number of carbonyl (C=O) groups is 2. The summed E-state index contributed by atoms with van der Waals surface area (Å²) in [5.74, 6) is -0.440. The molecule has 2 amide bonds. The van der Waals surface area contributed by atoms with E-state index in [-0.39, 0.29) is 0 Å². The van der Waals surface area contributed by atoms with Crippen LogP contribution in [0.2, 0.25) is 0 Å². The summed E-state index contributed by atoms with van der Waals surface area (Å²) in [5.41, 5.74) is 2.89. The van der Waals surface area contributed by atoms with Crippen molar-refractivity contribution in [3.8, 4) is 0 Å². The number of amides is 2. The van der Waals surface area contributed by atoms with E-state index in [0.717, 1.165) is 24.0 Å². The number of hydrogen-bond donors (Lipinski definition) is 2. The molecular weight excluding hydrogens is 328 g/mol. The van der Waals surface area contributed by atoms with Gasteiger partial charge in [0.05, 0.1) is 17.9 Å². The van der Waals surface area contributed by atoms with Crippen molar-refractivity contribution in [2.24, 2.45) is 0 Å². The fourth-order valence-corrected chi connectivity index (χ4v) is 2.30. The van der Waals surface area contributed by atoms with E-state index in [1.165, 1.54) is 0 Å². The quantitative estimate of drug-likeness (QED) is 0.558. The lowest BCUT2D eigenvalue weighted by Crippen LogP contribution is -2.25. The second-order valence-corrected chi connectivity index (χ2v) is 5.82. The average Bonchev–Trinajstić information content (AvgIpc) is 2.64. The Morgan fingerprint density at radius 2 is 1.81 bits per heavy atom. The minimum Gasteiger partial charge on any atom is -0.462 e. The van der Waals surface area contributed by atoms with Gasteiger partial charge in [0.2, 0.25) is 0 Å². The van der Waals surface area contributed by atoms with Crippen molar-refractivity contribution in [3.63, 3.8) is 0 Å². The number of anilines is 1. The van der Waals surface area contributed by atoms with E-state index in [1.807, 2.05) is 44.2 Å². The van der Waals surface area contributed by atoms with Gasteiger partial charge in [-0.2, -0.15) is 0 Å². The molecule has 0 unspecified atom stereocenters. The van der Waals surface area contributed by atoms with E-state index < -0.39 is 12.0 Å². The zero-order valence-electron chi connectivity index (χ0n) is 15.1. The summed E-state index contributed by atoms with van der Waals surface area (Å²) in [6.45, 7) is 4.40. The Labute approximate surface area is 154 Å². The van der Waals surface area contributed by atoms with Gasteiger partial charge in [-0.25, -0.2) is 9.59 Å². The molecule has 5 heteroatoms. The molecule has 5 nitrogen and oxygen atoms in total. The Balaban J connectivity index is 1.96. The highest BCUT2D eigenvalue weighted by molar-refractivity contribution is 6.01. The first-order chi connectivity index (χ1) is 12.6. The van der Waals surface area contributed by atoms with E-state index >= 15 is 0 Å². The standard InChI is InChI=1S/C21H24N2O3/c1-3-4-15-26-20(24)18-11-7-8-12-19(18)23-21(25)22-14-13-17-10-6-5-9-16(17)2/h5-14H,3-4,15H2,1-2H3,(H2,22,23,25)/b14-13+. The van der Waals surface area contributed by atoms with Gasteiger partial charge in [-0.1, -0.05) is 49.7 Å². The van der Waals surface area contributed by atoms with Crippen LogP contribution < -0.4 is 10.6 Å². The van der Waals surface area contributed by atoms with E-state index in [0.29, 0.717) is 17.9 Å². The van der Waals surface area contributed by atoms with Gasteiger partial charge in [0, 0.05) is 6.20 Å².